The fraction of sp³-hybridized carbons (Fsp3) is 0.304. The first-order chi connectivity index (χ1) is 14.1. The predicted octanol–water partition coefficient (Wildman–Crippen LogP) is 3.77. The van der Waals surface area contributed by atoms with Gasteiger partial charge in [-0.25, -0.2) is 4.68 Å². The molecule has 3 aromatic rings. The molecule has 1 atom stereocenters. The number of hydrogen-bond donors (Lipinski definition) is 2. The van der Waals surface area contributed by atoms with E-state index in [1.807, 2.05) is 48.0 Å². The Morgan fingerprint density at radius 2 is 1.87 bits per heavy atom. The molecule has 2 heterocycles. The van der Waals surface area contributed by atoms with Crippen molar-refractivity contribution in [3.63, 3.8) is 0 Å². The van der Waals surface area contributed by atoms with Crippen LogP contribution in [-0.4, -0.2) is 33.7 Å². The van der Waals surface area contributed by atoms with Crippen LogP contribution in [0.4, 0.5) is 5.82 Å². The molecule has 0 spiro atoms. The fourth-order valence-electron chi connectivity index (χ4n) is 3.87. The van der Waals surface area contributed by atoms with Crippen LogP contribution in [-0.2, 0) is 13.1 Å². The SMILES string of the molecule is Cc1cc(NC(=O)c2ccc(CN)cc2)n(C2CCN(Cc3ccccc3)C2)n1.Cl. The van der Waals surface area contributed by atoms with Gasteiger partial charge in [0, 0.05) is 37.8 Å². The summed E-state index contributed by atoms with van der Waals surface area (Å²) in [4.78, 5) is 15.1. The van der Waals surface area contributed by atoms with E-state index < -0.39 is 0 Å². The summed E-state index contributed by atoms with van der Waals surface area (Å²) in [6, 6.07) is 20.1. The summed E-state index contributed by atoms with van der Waals surface area (Å²) in [5, 5.41) is 7.71. The number of nitrogens with zero attached hydrogens (tertiary/aromatic N) is 3. The lowest BCUT2D eigenvalue weighted by Crippen LogP contribution is -2.23. The first kappa shape index (κ1) is 22.0. The zero-order valence-corrected chi connectivity index (χ0v) is 17.9. The maximum Gasteiger partial charge on any atom is 0.256 e. The van der Waals surface area contributed by atoms with Crippen molar-refractivity contribution in [2.45, 2.75) is 32.5 Å². The standard InChI is InChI=1S/C23H27N5O.ClH/c1-17-13-22(25-23(29)20-9-7-18(14-24)8-10-20)28(26-17)21-11-12-27(16-21)15-19-5-3-2-4-6-19;/h2-10,13,21H,11-12,14-16,24H2,1H3,(H,25,29);1H. The number of carbonyl (C=O) groups excluding carboxylic acids is 1. The molecule has 1 unspecified atom stereocenters. The molecule has 1 aliphatic heterocycles. The summed E-state index contributed by atoms with van der Waals surface area (Å²) in [6.07, 6.45) is 1.02. The molecule has 0 saturated carbocycles. The van der Waals surface area contributed by atoms with E-state index in [9.17, 15) is 4.79 Å². The highest BCUT2D eigenvalue weighted by Gasteiger charge is 2.27. The Kier molecular flexibility index (Phi) is 7.26. The monoisotopic (exact) mass is 425 g/mol. The van der Waals surface area contributed by atoms with Crippen LogP contribution >= 0.6 is 12.4 Å². The number of anilines is 1. The molecule has 158 valence electrons. The second kappa shape index (κ2) is 9.89. The molecule has 30 heavy (non-hydrogen) atoms. The zero-order chi connectivity index (χ0) is 20.2. The van der Waals surface area contributed by atoms with Gasteiger partial charge in [-0.05, 0) is 36.6 Å². The molecule has 2 aromatic carbocycles. The van der Waals surface area contributed by atoms with Crippen LogP contribution in [0.15, 0.2) is 60.7 Å². The summed E-state index contributed by atoms with van der Waals surface area (Å²) >= 11 is 0. The van der Waals surface area contributed by atoms with E-state index in [2.05, 4.69) is 39.6 Å². The minimum Gasteiger partial charge on any atom is -0.326 e. The van der Waals surface area contributed by atoms with E-state index in [1.165, 1.54) is 5.56 Å². The number of nitrogens with two attached hydrogens (primary N) is 1. The molecule has 1 amide bonds. The van der Waals surface area contributed by atoms with Crippen LogP contribution in [0.1, 0.15) is 39.6 Å². The van der Waals surface area contributed by atoms with Crippen molar-refractivity contribution < 1.29 is 4.79 Å². The number of aromatic nitrogens is 2. The number of nitrogens with one attached hydrogen (secondary N) is 1. The third kappa shape index (κ3) is 5.08. The topological polar surface area (TPSA) is 76.2 Å². The Labute approximate surface area is 183 Å². The van der Waals surface area contributed by atoms with Crippen molar-refractivity contribution in [3.8, 4) is 0 Å². The number of halogens is 1. The molecular formula is C23H28ClN5O. The molecule has 1 aliphatic rings. The number of likely N-dealkylation sites (tertiary alicyclic amines) is 1. The molecule has 3 N–H and O–H groups in total. The van der Waals surface area contributed by atoms with Crippen molar-refractivity contribution in [2.75, 3.05) is 18.4 Å². The van der Waals surface area contributed by atoms with Crippen molar-refractivity contribution in [3.05, 3.63) is 83.0 Å². The third-order valence-corrected chi connectivity index (χ3v) is 5.39. The molecule has 4 rings (SSSR count). The van der Waals surface area contributed by atoms with E-state index in [0.717, 1.165) is 43.1 Å². The number of rotatable bonds is 6. The Morgan fingerprint density at radius 1 is 1.13 bits per heavy atom. The van der Waals surface area contributed by atoms with Gasteiger partial charge in [-0.2, -0.15) is 5.10 Å². The summed E-state index contributed by atoms with van der Waals surface area (Å²) in [5.41, 5.74) is 9.48. The van der Waals surface area contributed by atoms with Crippen LogP contribution in [0.5, 0.6) is 0 Å². The smallest absolute Gasteiger partial charge is 0.256 e. The molecule has 1 aromatic heterocycles. The molecule has 0 radical (unpaired) electrons. The highest BCUT2D eigenvalue weighted by atomic mass is 35.5. The van der Waals surface area contributed by atoms with Crippen LogP contribution < -0.4 is 11.1 Å². The average Bonchev–Trinajstić information content (AvgIpc) is 3.35. The lowest BCUT2D eigenvalue weighted by atomic mass is 10.1. The summed E-state index contributed by atoms with van der Waals surface area (Å²) in [7, 11) is 0. The second-order valence-electron chi connectivity index (χ2n) is 7.63. The summed E-state index contributed by atoms with van der Waals surface area (Å²) in [6.45, 7) is 5.30. The maximum atomic E-state index is 12.7. The Balaban J connectivity index is 0.00000256. The van der Waals surface area contributed by atoms with Gasteiger partial charge in [-0.1, -0.05) is 42.5 Å². The minimum absolute atomic E-state index is 0. The maximum absolute atomic E-state index is 12.7. The van der Waals surface area contributed by atoms with Gasteiger partial charge in [0.15, 0.2) is 0 Å². The largest absolute Gasteiger partial charge is 0.326 e. The first-order valence-corrected chi connectivity index (χ1v) is 10.0. The number of amides is 1. The normalized spacial score (nSPS) is 16.3. The van der Waals surface area contributed by atoms with Crippen molar-refractivity contribution >= 4 is 24.1 Å². The van der Waals surface area contributed by atoms with Gasteiger partial charge in [0.25, 0.3) is 5.91 Å². The lowest BCUT2D eigenvalue weighted by Gasteiger charge is -2.18. The number of benzene rings is 2. The van der Waals surface area contributed by atoms with E-state index in [4.69, 9.17) is 5.73 Å². The molecule has 6 nitrogen and oxygen atoms in total. The van der Waals surface area contributed by atoms with E-state index in [1.54, 1.807) is 0 Å². The predicted molar refractivity (Wildman–Crippen MR) is 122 cm³/mol. The van der Waals surface area contributed by atoms with Gasteiger partial charge >= 0.3 is 0 Å². The lowest BCUT2D eigenvalue weighted by molar-refractivity contribution is 0.102. The average molecular weight is 426 g/mol. The Bertz CT molecular complexity index is 971. The van der Waals surface area contributed by atoms with E-state index in [-0.39, 0.29) is 24.4 Å². The van der Waals surface area contributed by atoms with Crippen LogP contribution in [0.25, 0.3) is 0 Å². The van der Waals surface area contributed by atoms with Gasteiger partial charge < -0.3 is 11.1 Å². The van der Waals surface area contributed by atoms with Gasteiger partial charge in [-0.3, -0.25) is 9.69 Å². The summed E-state index contributed by atoms with van der Waals surface area (Å²) < 4.78 is 1.98. The molecular weight excluding hydrogens is 398 g/mol. The molecule has 0 bridgehead atoms. The second-order valence-corrected chi connectivity index (χ2v) is 7.63. The van der Waals surface area contributed by atoms with Crippen LogP contribution in [0.3, 0.4) is 0 Å². The van der Waals surface area contributed by atoms with E-state index >= 15 is 0 Å². The van der Waals surface area contributed by atoms with Gasteiger partial charge in [0.2, 0.25) is 0 Å². The van der Waals surface area contributed by atoms with Crippen molar-refractivity contribution in [1.29, 1.82) is 0 Å². The number of hydrogen-bond acceptors (Lipinski definition) is 4. The van der Waals surface area contributed by atoms with Gasteiger partial charge in [0.05, 0.1) is 11.7 Å². The van der Waals surface area contributed by atoms with Crippen molar-refractivity contribution in [2.24, 2.45) is 5.73 Å². The van der Waals surface area contributed by atoms with Crippen LogP contribution in [0.2, 0.25) is 0 Å². The Hall–Kier alpha value is -2.67. The summed E-state index contributed by atoms with van der Waals surface area (Å²) in [5.74, 6) is 0.621. The first-order valence-electron chi connectivity index (χ1n) is 10.0. The van der Waals surface area contributed by atoms with Crippen LogP contribution in [0, 0.1) is 6.92 Å². The number of aryl methyl sites for hydroxylation is 1. The van der Waals surface area contributed by atoms with Gasteiger partial charge in [0.1, 0.15) is 5.82 Å². The van der Waals surface area contributed by atoms with Crippen molar-refractivity contribution in [1.82, 2.24) is 14.7 Å². The molecule has 7 heteroatoms. The third-order valence-electron chi connectivity index (χ3n) is 5.39. The molecule has 0 aliphatic carbocycles. The molecule has 1 fully saturated rings. The Morgan fingerprint density at radius 3 is 2.57 bits per heavy atom. The highest BCUT2D eigenvalue weighted by Crippen LogP contribution is 2.27. The fourth-order valence-corrected chi connectivity index (χ4v) is 3.87. The minimum atomic E-state index is -0.131. The zero-order valence-electron chi connectivity index (χ0n) is 17.1. The van der Waals surface area contributed by atoms with E-state index in [0.29, 0.717) is 12.1 Å². The van der Waals surface area contributed by atoms with Gasteiger partial charge in [-0.15, -0.1) is 12.4 Å². The highest BCUT2D eigenvalue weighted by molar-refractivity contribution is 6.03. The quantitative estimate of drug-likeness (QED) is 0.630. The molecule has 1 saturated heterocycles. The number of carbonyl (C=O) groups is 1.